The smallest absolute Gasteiger partial charge is 0.308 e. The Morgan fingerprint density at radius 2 is 1.70 bits per heavy atom. The number of sulfonamides is 1. The number of carbonyl (C=O) groups is 2. The number of rotatable bonds is 4. The topological polar surface area (TPSA) is 119 Å². The summed E-state index contributed by atoms with van der Waals surface area (Å²) in [7, 11) is -2.66. The summed E-state index contributed by atoms with van der Waals surface area (Å²) in [4.78, 5) is 38.0. The number of esters is 1. The molecular weight excluding hydrogens is 600 g/mol. The standard InChI is InChI=1S/C36H44N4O5S/c1-22-9-7-10-23(2)31(22)30-16-26-13-14-27(19-35(3,4)5)40(28-20-36(21-28)17-25(18-36)33(42)45-6)32(41)24-11-8-12-29(15-24)46(43,44)39-34(37-26)38-30/h7-12,15-16,25,27-28H,13-14,17-21H2,1-6H3,(H,37,38,39)/t25?,27-,28?,36?/m0/s1. The maximum atomic E-state index is 14.5. The minimum Gasteiger partial charge on any atom is -0.469 e. The third-order valence-electron chi connectivity index (χ3n) is 9.97. The SMILES string of the molecule is COC(=O)C1CC2(C1)CC(N1C(=O)c3cccc(c3)S(=O)(=O)Nc3nc(cc(-c4c(C)cccc4C)n3)CC[C@H]1CC(C)(C)C)C2. The lowest BCUT2D eigenvalue weighted by Gasteiger charge is -2.60. The molecule has 1 aromatic heterocycles. The summed E-state index contributed by atoms with van der Waals surface area (Å²) in [6.07, 6.45) is 5.18. The van der Waals surface area contributed by atoms with Gasteiger partial charge < -0.3 is 9.64 Å². The van der Waals surface area contributed by atoms with Crippen molar-refractivity contribution < 1.29 is 22.7 Å². The molecule has 244 valence electrons. The van der Waals surface area contributed by atoms with E-state index in [1.807, 2.05) is 43.0 Å². The highest BCUT2D eigenvalue weighted by molar-refractivity contribution is 7.92. The Kier molecular flexibility index (Phi) is 8.24. The van der Waals surface area contributed by atoms with Gasteiger partial charge in [0.05, 0.1) is 23.6 Å². The highest BCUT2D eigenvalue weighted by Gasteiger charge is 2.57. The highest BCUT2D eigenvalue weighted by Crippen LogP contribution is 2.60. The van der Waals surface area contributed by atoms with Gasteiger partial charge in [0.1, 0.15) is 0 Å². The Labute approximate surface area is 272 Å². The molecule has 2 saturated carbocycles. The van der Waals surface area contributed by atoms with Gasteiger partial charge in [-0.3, -0.25) is 9.59 Å². The Hall–Kier alpha value is -3.79. The van der Waals surface area contributed by atoms with Crippen molar-refractivity contribution in [2.45, 2.75) is 96.5 Å². The fourth-order valence-electron chi connectivity index (χ4n) is 7.92. The van der Waals surface area contributed by atoms with Crippen LogP contribution in [-0.4, -0.2) is 54.4 Å². The number of aryl methyl sites for hydroxylation is 3. The minimum atomic E-state index is -4.09. The number of methoxy groups -OCH3 is 1. The maximum Gasteiger partial charge on any atom is 0.308 e. The molecule has 6 rings (SSSR count). The van der Waals surface area contributed by atoms with Gasteiger partial charge in [-0.05, 0) is 105 Å². The van der Waals surface area contributed by atoms with Crippen molar-refractivity contribution in [3.8, 4) is 11.3 Å². The van der Waals surface area contributed by atoms with Crippen molar-refractivity contribution in [1.82, 2.24) is 14.9 Å². The predicted octanol–water partition coefficient (Wildman–Crippen LogP) is 6.49. The molecule has 2 heterocycles. The summed E-state index contributed by atoms with van der Waals surface area (Å²) in [6.45, 7) is 10.6. The number of nitrogens with one attached hydrogen (secondary N) is 1. The third-order valence-corrected chi connectivity index (χ3v) is 11.3. The summed E-state index contributed by atoms with van der Waals surface area (Å²) >= 11 is 0. The van der Waals surface area contributed by atoms with E-state index in [0.29, 0.717) is 29.8 Å². The van der Waals surface area contributed by atoms with Crippen LogP contribution in [0.1, 0.15) is 86.5 Å². The lowest BCUT2D eigenvalue weighted by Crippen LogP contribution is -2.61. The molecule has 0 unspecified atom stereocenters. The summed E-state index contributed by atoms with van der Waals surface area (Å²) in [5.74, 6) is -0.381. The van der Waals surface area contributed by atoms with Crippen LogP contribution in [-0.2, 0) is 26.0 Å². The first-order chi connectivity index (χ1) is 21.7. The van der Waals surface area contributed by atoms with Gasteiger partial charge in [0.15, 0.2) is 0 Å². The van der Waals surface area contributed by atoms with E-state index in [4.69, 9.17) is 9.72 Å². The van der Waals surface area contributed by atoms with Crippen LogP contribution in [0.3, 0.4) is 0 Å². The highest BCUT2D eigenvalue weighted by atomic mass is 32.2. The Balaban J connectivity index is 1.42. The number of hydrogen-bond donors (Lipinski definition) is 1. The van der Waals surface area contributed by atoms with Crippen LogP contribution in [0.15, 0.2) is 53.4 Å². The molecule has 1 spiro atoms. The molecule has 1 aliphatic heterocycles. The lowest BCUT2D eigenvalue weighted by molar-refractivity contribution is -0.163. The Bertz CT molecular complexity index is 1760. The second kappa shape index (κ2) is 11.8. The van der Waals surface area contributed by atoms with Crippen LogP contribution in [0.2, 0.25) is 0 Å². The largest absolute Gasteiger partial charge is 0.469 e. The number of carbonyl (C=O) groups excluding carboxylic acids is 2. The fraction of sp³-hybridized carbons (Fsp3) is 0.500. The summed E-state index contributed by atoms with van der Waals surface area (Å²) in [5, 5.41) is 0. The van der Waals surface area contributed by atoms with Crippen LogP contribution in [0.5, 0.6) is 0 Å². The number of aromatic nitrogens is 2. The molecule has 3 aliphatic rings. The van der Waals surface area contributed by atoms with Crippen LogP contribution >= 0.6 is 0 Å². The molecular formula is C36H44N4O5S. The van der Waals surface area contributed by atoms with E-state index in [2.05, 4.69) is 30.5 Å². The zero-order valence-electron chi connectivity index (χ0n) is 27.6. The van der Waals surface area contributed by atoms with Crippen molar-refractivity contribution in [2.24, 2.45) is 16.7 Å². The second-order valence-corrected chi connectivity index (χ2v) is 16.5. The van der Waals surface area contributed by atoms with E-state index in [-0.39, 0.29) is 51.6 Å². The number of anilines is 1. The van der Waals surface area contributed by atoms with Gasteiger partial charge in [0.2, 0.25) is 5.95 Å². The monoisotopic (exact) mass is 644 g/mol. The van der Waals surface area contributed by atoms with E-state index in [1.165, 1.54) is 19.2 Å². The summed E-state index contributed by atoms with van der Waals surface area (Å²) in [6, 6.07) is 14.1. The predicted molar refractivity (Wildman–Crippen MR) is 177 cm³/mol. The molecule has 0 radical (unpaired) electrons. The number of amides is 1. The molecule has 1 amide bonds. The number of ether oxygens (including phenoxy) is 1. The second-order valence-electron chi connectivity index (χ2n) is 14.8. The van der Waals surface area contributed by atoms with Crippen molar-refractivity contribution in [3.05, 3.63) is 70.9 Å². The molecule has 9 nitrogen and oxygen atoms in total. The van der Waals surface area contributed by atoms with E-state index >= 15 is 0 Å². The Morgan fingerprint density at radius 1 is 1.02 bits per heavy atom. The molecule has 0 saturated heterocycles. The molecule has 1 atom stereocenters. The molecule has 3 aromatic rings. The number of benzene rings is 2. The van der Waals surface area contributed by atoms with E-state index in [0.717, 1.165) is 48.8 Å². The lowest BCUT2D eigenvalue weighted by atomic mass is 9.49. The van der Waals surface area contributed by atoms with Gasteiger partial charge in [-0.1, -0.05) is 45.0 Å². The Morgan fingerprint density at radius 3 is 2.35 bits per heavy atom. The van der Waals surface area contributed by atoms with Crippen LogP contribution in [0, 0.1) is 30.6 Å². The van der Waals surface area contributed by atoms with E-state index < -0.39 is 10.0 Å². The molecule has 4 bridgehead atoms. The quantitative estimate of drug-likeness (QED) is 0.323. The normalized spacial score (nSPS) is 25.7. The maximum absolute atomic E-state index is 14.5. The number of hydrogen-bond acceptors (Lipinski definition) is 7. The molecule has 2 fully saturated rings. The zero-order chi connectivity index (χ0) is 33.0. The fourth-order valence-corrected chi connectivity index (χ4v) is 8.91. The van der Waals surface area contributed by atoms with Gasteiger partial charge in [0.25, 0.3) is 15.9 Å². The number of nitrogens with zero attached hydrogens (tertiary/aromatic N) is 3. The number of fused-ring (bicyclic) bond motifs is 4. The average molecular weight is 645 g/mol. The van der Waals surface area contributed by atoms with Crippen molar-refractivity contribution >= 4 is 27.8 Å². The molecule has 1 N–H and O–H groups in total. The van der Waals surface area contributed by atoms with Crippen molar-refractivity contribution in [2.75, 3.05) is 11.8 Å². The minimum absolute atomic E-state index is 0.00639. The van der Waals surface area contributed by atoms with Crippen LogP contribution < -0.4 is 4.72 Å². The van der Waals surface area contributed by atoms with E-state index in [1.54, 1.807) is 12.1 Å². The van der Waals surface area contributed by atoms with Gasteiger partial charge in [-0.15, -0.1) is 0 Å². The molecule has 2 aliphatic carbocycles. The van der Waals surface area contributed by atoms with Crippen molar-refractivity contribution in [3.63, 3.8) is 0 Å². The van der Waals surface area contributed by atoms with E-state index in [9.17, 15) is 18.0 Å². The van der Waals surface area contributed by atoms with Gasteiger partial charge in [-0.2, -0.15) is 0 Å². The first kappa shape index (κ1) is 32.2. The molecule has 10 heteroatoms. The van der Waals surface area contributed by atoms with Gasteiger partial charge >= 0.3 is 5.97 Å². The first-order valence-electron chi connectivity index (χ1n) is 16.1. The summed E-state index contributed by atoms with van der Waals surface area (Å²) < 4.78 is 35.0. The molecule has 2 aromatic carbocycles. The average Bonchev–Trinajstić information content (AvgIpc) is 2.94. The molecule has 46 heavy (non-hydrogen) atoms. The van der Waals surface area contributed by atoms with Crippen molar-refractivity contribution in [1.29, 1.82) is 0 Å². The summed E-state index contributed by atoms with van der Waals surface area (Å²) in [5.41, 5.74) is 4.72. The van der Waals surface area contributed by atoms with Gasteiger partial charge in [0, 0.05) is 28.9 Å². The van der Waals surface area contributed by atoms with Crippen LogP contribution in [0.4, 0.5) is 5.95 Å². The zero-order valence-corrected chi connectivity index (χ0v) is 28.4. The van der Waals surface area contributed by atoms with Gasteiger partial charge in [-0.25, -0.2) is 23.1 Å². The first-order valence-corrected chi connectivity index (χ1v) is 17.6. The van der Waals surface area contributed by atoms with Crippen LogP contribution in [0.25, 0.3) is 11.3 Å². The third kappa shape index (κ3) is 6.28.